The first-order valence-electron chi connectivity index (χ1n) is 33.0. The molecule has 2 rings (SSSR count). The monoisotopic (exact) mass is 1150 g/mol. The van der Waals surface area contributed by atoms with Crippen LogP contribution >= 0.6 is 0 Å². The van der Waals surface area contributed by atoms with Crippen molar-refractivity contribution in [1.29, 1.82) is 0 Å². The van der Waals surface area contributed by atoms with Crippen molar-refractivity contribution in [2.75, 3.05) is 19.8 Å². The predicted molar refractivity (Wildman–Crippen MR) is 327 cm³/mol. The van der Waals surface area contributed by atoms with Crippen molar-refractivity contribution in [2.45, 2.75) is 338 Å². The molecule has 0 bridgehead atoms. The van der Waals surface area contributed by atoms with Crippen LogP contribution < -0.4 is 5.32 Å². The molecule has 2 aliphatic heterocycles. The van der Waals surface area contributed by atoms with Crippen LogP contribution in [0.5, 0.6) is 0 Å². The molecule has 12 atom stereocenters. The van der Waals surface area contributed by atoms with Crippen molar-refractivity contribution < 1.29 is 64.6 Å². The molecule has 472 valence electrons. The molecule has 0 saturated carbocycles. The first kappa shape index (κ1) is 74.8. The zero-order chi connectivity index (χ0) is 58.8. The van der Waals surface area contributed by atoms with Crippen LogP contribution in [0.2, 0.25) is 0 Å². The van der Waals surface area contributed by atoms with E-state index in [1.165, 1.54) is 161 Å². The van der Waals surface area contributed by atoms with Gasteiger partial charge in [-0.25, -0.2) is 0 Å². The number of aliphatic hydroxyl groups is 8. The normalized spacial score (nSPS) is 24.5. The number of hydrogen-bond acceptors (Lipinski definition) is 13. The lowest BCUT2D eigenvalue weighted by molar-refractivity contribution is -0.359. The van der Waals surface area contributed by atoms with Gasteiger partial charge in [0.1, 0.15) is 48.8 Å². The van der Waals surface area contributed by atoms with Gasteiger partial charge in [0.05, 0.1) is 32.0 Å². The highest BCUT2D eigenvalue weighted by Gasteiger charge is 2.51. The molecule has 2 aliphatic rings. The molecule has 81 heavy (non-hydrogen) atoms. The number of carbonyl (C=O) groups excluding carboxylic acids is 1. The Morgan fingerprint density at radius 3 is 1.36 bits per heavy atom. The number of allylic oxidation sites excluding steroid dienone is 9. The summed E-state index contributed by atoms with van der Waals surface area (Å²) in [5, 5.41) is 87.2. The van der Waals surface area contributed by atoms with Crippen LogP contribution in [0.3, 0.4) is 0 Å². The van der Waals surface area contributed by atoms with Gasteiger partial charge in [-0.15, -0.1) is 0 Å². The number of ether oxygens (including phenoxy) is 4. The maximum atomic E-state index is 13.3. The summed E-state index contributed by atoms with van der Waals surface area (Å²) in [6.45, 7) is 2.68. The third-order valence-corrected chi connectivity index (χ3v) is 15.9. The summed E-state index contributed by atoms with van der Waals surface area (Å²) >= 11 is 0. The molecule has 12 unspecified atom stereocenters. The lowest BCUT2D eigenvalue weighted by Crippen LogP contribution is -2.65. The number of carbonyl (C=O) groups is 1. The van der Waals surface area contributed by atoms with Gasteiger partial charge >= 0.3 is 0 Å². The van der Waals surface area contributed by atoms with E-state index in [0.717, 1.165) is 70.6 Å². The molecule has 2 fully saturated rings. The van der Waals surface area contributed by atoms with Gasteiger partial charge in [-0.3, -0.25) is 4.79 Å². The zero-order valence-electron chi connectivity index (χ0n) is 51.0. The summed E-state index contributed by atoms with van der Waals surface area (Å²) in [6.07, 6.45) is 51.4. The molecule has 0 aliphatic carbocycles. The molecule has 0 spiro atoms. The SMILES string of the molecule is CC/C=C\C/C=C\C/C=C\CCCCCCCCCC(=O)NC(COC1OC(CO)C(OC2OC(CO)C(O)C(O)C2O)C(O)C1O)C(O)/C=C/CC/C=C/CCCCCCCCCCCCCCCCCCCCCCCCCC. The van der Waals surface area contributed by atoms with Crippen molar-refractivity contribution in [2.24, 2.45) is 0 Å². The first-order chi connectivity index (χ1) is 39.6. The summed E-state index contributed by atoms with van der Waals surface area (Å²) in [6, 6.07) is -0.940. The minimum absolute atomic E-state index is 0.259. The van der Waals surface area contributed by atoms with Gasteiger partial charge in [0.25, 0.3) is 0 Å². The average molecular weight is 1150 g/mol. The summed E-state index contributed by atoms with van der Waals surface area (Å²) in [4.78, 5) is 13.3. The summed E-state index contributed by atoms with van der Waals surface area (Å²) < 4.78 is 22.8. The fourth-order valence-electron chi connectivity index (χ4n) is 10.7. The first-order valence-corrected chi connectivity index (χ1v) is 33.0. The number of hydrogen-bond donors (Lipinski definition) is 9. The van der Waals surface area contributed by atoms with Crippen molar-refractivity contribution >= 4 is 5.91 Å². The van der Waals surface area contributed by atoms with Gasteiger partial charge in [0.15, 0.2) is 12.6 Å². The largest absolute Gasteiger partial charge is 0.394 e. The Balaban J connectivity index is 1.70. The smallest absolute Gasteiger partial charge is 0.220 e. The lowest BCUT2D eigenvalue weighted by atomic mass is 9.97. The van der Waals surface area contributed by atoms with Crippen molar-refractivity contribution in [1.82, 2.24) is 5.32 Å². The van der Waals surface area contributed by atoms with E-state index in [0.29, 0.717) is 12.8 Å². The van der Waals surface area contributed by atoms with E-state index in [1.54, 1.807) is 6.08 Å². The van der Waals surface area contributed by atoms with E-state index < -0.39 is 86.8 Å². The Bertz CT molecular complexity index is 1590. The molecule has 0 aromatic rings. The van der Waals surface area contributed by atoms with Crippen LogP contribution in [0.1, 0.15) is 264 Å². The molecule has 0 aromatic heterocycles. The average Bonchev–Trinajstić information content (AvgIpc) is 3.47. The molecule has 9 N–H and O–H groups in total. The van der Waals surface area contributed by atoms with Crippen LogP contribution in [-0.2, 0) is 23.7 Å². The lowest BCUT2D eigenvalue weighted by Gasteiger charge is -2.46. The highest BCUT2D eigenvalue weighted by atomic mass is 16.7. The van der Waals surface area contributed by atoms with Gasteiger partial charge in [0, 0.05) is 6.42 Å². The maximum absolute atomic E-state index is 13.3. The minimum Gasteiger partial charge on any atom is -0.394 e. The molecule has 2 saturated heterocycles. The van der Waals surface area contributed by atoms with Gasteiger partial charge < -0.3 is 65.1 Å². The molecular weight excluding hydrogens is 1030 g/mol. The van der Waals surface area contributed by atoms with E-state index >= 15 is 0 Å². The third kappa shape index (κ3) is 37.0. The highest BCUT2D eigenvalue weighted by molar-refractivity contribution is 5.76. The number of rotatable bonds is 53. The van der Waals surface area contributed by atoms with Crippen LogP contribution in [0.25, 0.3) is 0 Å². The third-order valence-electron chi connectivity index (χ3n) is 15.9. The quantitative estimate of drug-likeness (QED) is 0.0204. The van der Waals surface area contributed by atoms with Gasteiger partial charge in [-0.2, -0.15) is 0 Å². The fraction of sp³-hybridized carbons (Fsp3) is 0.836. The van der Waals surface area contributed by atoms with Crippen LogP contribution in [0.4, 0.5) is 0 Å². The highest BCUT2D eigenvalue weighted by Crippen LogP contribution is 2.30. The molecule has 14 heteroatoms. The van der Waals surface area contributed by atoms with Crippen LogP contribution in [-0.4, -0.2) is 140 Å². The Kier molecular flexibility index (Phi) is 48.1. The zero-order valence-corrected chi connectivity index (χ0v) is 51.0. The van der Waals surface area contributed by atoms with Crippen LogP contribution in [0, 0.1) is 0 Å². The Labute approximate surface area is 492 Å². The Morgan fingerprint density at radius 1 is 0.457 bits per heavy atom. The Morgan fingerprint density at radius 2 is 0.864 bits per heavy atom. The number of nitrogens with one attached hydrogen (secondary N) is 1. The summed E-state index contributed by atoms with van der Waals surface area (Å²) in [7, 11) is 0. The van der Waals surface area contributed by atoms with Crippen molar-refractivity contribution in [3.8, 4) is 0 Å². The number of unbranched alkanes of at least 4 members (excludes halogenated alkanes) is 32. The van der Waals surface area contributed by atoms with E-state index in [4.69, 9.17) is 18.9 Å². The number of aliphatic hydroxyl groups excluding tert-OH is 8. The summed E-state index contributed by atoms with van der Waals surface area (Å²) in [5.74, 6) is -0.259. The van der Waals surface area contributed by atoms with Crippen molar-refractivity contribution in [3.05, 3.63) is 60.8 Å². The molecule has 0 aromatic carbocycles. The van der Waals surface area contributed by atoms with Crippen LogP contribution in [0.15, 0.2) is 60.8 Å². The second kappa shape index (κ2) is 52.1. The van der Waals surface area contributed by atoms with E-state index in [1.807, 2.05) is 6.08 Å². The van der Waals surface area contributed by atoms with Gasteiger partial charge in [-0.05, 0) is 64.2 Å². The standard InChI is InChI=1S/C67H121NO13/c1-3-5-7-9-11-13-15-17-19-21-22-23-24-25-26-27-28-29-30-31-32-33-35-36-38-40-42-44-46-48-50-56(71)55(68-59(72)51-49-47-45-43-41-39-37-34-20-18-16-14-12-10-8-6-4-2)54-78-66-64(77)62(75)65(58(53-70)80-66)81-67-63(76)61(74)60(73)57(52-69)79-67/h6,8,12,14,18,20,40,42,48,50,55-58,60-67,69-71,73-77H,3-5,7,9-11,13,15-17,19,21-39,41,43-47,49,51-54H2,1-2H3,(H,68,72)/b8-6-,14-12-,20-18-,42-40+,50-48+. The molecular formula is C67H121NO13. The molecule has 14 nitrogen and oxygen atoms in total. The minimum atomic E-state index is -1.79. The van der Waals surface area contributed by atoms with Gasteiger partial charge in [0.2, 0.25) is 5.91 Å². The molecule has 2 heterocycles. The topological polar surface area (TPSA) is 228 Å². The van der Waals surface area contributed by atoms with E-state index in [-0.39, 0.29) is 18.9 Å². The summed E-state index contributed by atoms with van der Waals surface area (Å²) in [5.41, 5.74) is 0. The van der Waals surface area contributed by atoms with E-state index in [9.17, 15) is 45.6 Å². The van der Waals surface area contributed by atoms with E-state index in [2.05, 4.69) is 67.8 Å². The molecule has 1 amide bonds. The maximum Gasteiger partial charge on any atom is 0.220 e. The fourth-order valence-corrected chi connectivity index (χ4v) is 10.7. The number of amides is 1. The second-order valence-electron chi connectivity index (χ2n) is 23.2. The van der Waals surface area contributed by atoms with Gasteiger partial charge in [-0.1, -0.05) is 254 Å². The predicted octanol–water partition coefficient (Wildman–Crippen LogP) is 12.5. The van der Waals surface area contributed by atoms with Crippen molar-refractivity contribution in [3.63, 3.8) is 0 Å². The molecule has 0 radical (unpaired) electrons. The second-order valence-corrected chi connectivity index (χ2v) is 23.2. The Hall–Kier alpha value is -2.31.